The average Bonchev–Trinajstić information content (AvgIpc) is 3.25. The fourth-order valence-electron chi connectivity index (χ4n) is 3.86. The lowest BCUT2D eigenvalue weighted by Gasteiger charge is -2.16. The normalized spacial score (nSPS) is 12.6. The molecule has 34 heavy (non-hydrogen) atoms. The number of benzene rings is 3. The molecule has 1 atom stereocenters. The molecule has 0 spiro atoms. The summed E-state index contributed by atoms with van der Waals surface area (Å²) in [5.41, 5.74) is 9.49. The number of carbonyl (C=O) groups is 1. The molecule has 0 radical (unpaired) electrons. The number of carboxylic acids is 1. The van der Waals surface area contributed by atoms with Crippen LogP contribution in [0.15, 0.2) is 77.4 Å². The van der Waals surface area contributed by atoms with Crippen molar-refractivity contribution in [2.75, 3.05) is 0 Å². The van der Waals surface area contributed by atoms with Crippen molar-refractivity contribution in [3.05, 3.63) is 89.7 Å². The summed E-state index contributed by atoms with van der Waals surface area (Å²) in [6.07, 6.45) is -4.10. The molecule has 3 N–H and O–H groups in total. The number of aliphatic carboxylic acids is 1. The molecule has 5 nitrogen and oxygen atoms in total. The largest absolute Gasteiger partial charge is 0.489 e. The van der Waals surface area contributed by atoms with E-state index in [1.165, 1.54) is 0 Å². The topological polar surface area (TPSA) is 85.7 Å². The molecule has 0 saturated carbocycles. The van der Waals surface area contributed by atoms with Crippen molar-refractivity contribution in [3.8, 4) is 16.9 Å². The number of rotatable bonds is 8. The van der Waals surface area contributed by atoms with Crippen LogP contribution >= 0.6 is 0 Å². The summed E-state index contributed by atoms with van der Waals surface area (Å²) in [6.45, 7) is 0.165. The number of hydrogen-bond donors (Lipinski definition) is 2. The van der Waals surface area contributed by atoms with Gasteiger partial charge in [0, 0.05) is 22.6 Å². The monoisotopic (exact) mass is 469 g/mol. The Bertz CT molecular complexity index is 1310. The number of para-hydroxylation sites is 1. The number of furan rings is 1. The van der Waals surface area contributed by atoms with Crippen LogP contribution in [0.5, 0.6) is 5.75 Å². The smallest absolute Gasteiger partial charge is 0.390 e. The van der Waals surface area contributed by atoms with Gasteiger partial charge >= 0.3 is 12.1 Å². The summed E-state index contributed by atoms with van der Waals surface area (Å²) in [5.74, 6) is -0.486. The zero-order valence-electron chi connectivity index (χ0n) is 18.0. The van der Waals surface area contributed by atoms with Crippen LogP contribution in [0.4, 0.5) is 13.2 Å². The first-order chi connectivity index (χ1) is 16.2. The van der Waals surface area contributed by atoms with Crippen molar-refractivity contribution in [1.29, 1.82) is 0 Å². The van der Waals surface area contributed by atoms with Gasteiger partial charge in [0.15, 0.2) is 0 Å². The van der Waals surface area contributed by atoms with Crippen LogP contribution in [0.2, 0.25) is 0 Å². The lowest BCUT2D eigenvalue weighted by Crippen LogP contribution is -2.20. The predicted molar refractivity (Wildman–Crippen MR) is 121 cm³/mol. The third-order valence-corrected chi connectivity index (χ3v) is 5.40. The van der Waals surface area contributed by atoms with Gasteiger partial charge in [0.25, 0.3) is 0 Å². The number of hydrogen-bond acceptors (Lipinski definition) is 4. The highest BCUT2D eigenvalue weighted by atomic mass is 19.4. The van der Waals surface area contributed by atoms with Crippen LogP contribution < -0.4 is 10.5 Å². The maximum absolute atomic E-state index is 12.8. The molecule has 0 aliphatic carbocycles. The second-order valence-corrected chi connectivity index (χ2v) is 8.00. The van der Waals surface area contributed by atoms with E-state index in [4.69, 9.17) is 20.0 Å². The van der Waals surface area contributed by atoms with E-state index in [2.05, 4.69) is 0 Å². The van der Waals surface area contributed by atoms with Gasteiger partial charge in [0.05, 0.1) is 19.1 Å². The van der Waals surface area contributed by atoms with Crippen molar-refractivity contribution >= 4 is 16.9 Å². The highest BCUT2D eigenvalue weighted by Crippen LogP contribution is 2.34. The van der Waals surface area contributed by atoms with Gasteiger partial charge in [-0.2, -0.15) is 13.2 Å². The van der Waals surface area contributed by atoms with E-state index in [0.29, 0.717) is 33.6 Å². The van der Waals surface area contributed by atoms with Gasteiger partial charge in [-0.25, -0.2) is 0 Å². The highest BCUT2D eigenvalue weighted by Gasteiger charge is 2.31. The van der Waals surface area contributed by atoms with E-state index in [9.17, 15) is 18.0 Å². The van der Waals surface area contributed by atoms with Gasteiger partial charge in [-0.3, -0.25) is 4.79 Å². The van der Waals surface area contributed by atoms with Crippen LogP contribution in [0.25, 0.3) is 22.1 Å². The molecule has 4 aromatic rings. The Balaban J connectivity index is 1.64. The average molecular weight is 469 g/mol. The Morgan fingerprint density at radius 1 is 1.06 bits per heavy atom. The summed E-state index contributed by atoms with van der Waals surface area (Å²) < 4.78 is 50.0. The Morgan fingerprint density at radius 3 is 2.62 bits per heavy atom. The molecular formula is C26H22F3NO4. The third-order valence-electron chi connectivity index (χ3n) is 5.40. The first-order valence-corrected chi connectivity index (χ1v) is 10.5. The van der Waals surface area contributed by atoms with E-state index in [1.807, 2.05) is 12.1 Å². The second kappa shape index (κ2) is 9.61. The van der Waals surface area contributed by atoms with Crippen molar-refractivity contribution in [2.45, 2.75) is 31.7 Å². The van der Waals surface area contributed by atoms with Crippen LogP contribution in [0.1, 0.15) is 29.2 Å². The molecule has 0 aliphatic heterocycles. The summed E-state index contributed by atoms with van der Waals surface area (Å²) in [6, 6.07) is 17.9. The Kier molecular flexibility index (Phi) is 6.61. The SMILES string of the molecule is N[C@@H](CC(F)(F)F)c1cccc(-c2cc(COc3ccccc3CC(=O)O)cc3ccoc23)c1. The quantitative estimate of drug-likeness (QED) is 0.318. The minimum Gasteiger partial charge on any atom is -0.489 e. The summed E-state index contributed by atoms with van der Waals surface area (Å²) >= 11 is 0. The maximum Gasteiger partial charge on any atom is 0.390 e. The molecule has 0 aliphatic rings. The molecular weight excluding hydrogens is 447 g/mol. The van der Waals surface area contributed by atoms with Crippen molar-refractivity contribution in [2.24, 2.45) is 5.73 Å². The minimum atomic E-state index is -4.36. The molecule has 0 bridgehead atoms. The van der Waals surface area contributed by atoms with Crippen LogP contribution in [-0.2, 0) is 17.8 Å². The Hall–Kier alpha value is -3.78. The van der Waals surface area contributed by atoms with Crippen LogP contribution in [-0.4, -0.2) is 17.3 Å². The number of fused-ring (bicyclic) bond motifs is 1. The van der Waals surface area contributed by atoms with Gasteiger partial charge < -0.3 is 20.0 Å². The summed E-state index contributed by atoms with van der Waals surface area (Å²) in [5, 5.41) is 9.93. The highest BCUT2D eigenvalue weighted by molar-refractivity contribution is 5.93. The number of halogens is 3. The molecule has 1 aromatic heterocycles. The van der Waals surface area contributed by atoms with Gasteiger partial charge in [0.1, 0.15) is 17.9 Å². The van der Waals surface area contributed by atoms with E-state index < -0.39 is 24.6 Å². The zero-order chi connectivity index (χ0) is 24.3. The Labute approximate surface area is 193 Å². The summed E-state index contributed by atoms with van der Waals surface area (Å²) in [4.78, 5) is 11.1. The maximum atomic E-state index is 12.8. The molecule has 0 fully saturated rings. The molecule has 0 amide bonds. The third kappa shape index (κ3) is 5.58. The first kappa shape index (κ1) is 23.4. The second-order valence-electron chi connectivity index (χ2n) is 8.00. The first-order valence-electron chi connectivity index (χ1n) is 10.5. The Morgan fingerprint density at radius 2 is 1.85 bits per heavy atom. The van der Waals surface area contributed by atoms with Crippen LogP contribution in [0.3, 0.4) is 0 Å². The summed E-state index contributed by atoms with van der Waals surface area (Å²) in [7, 11) is 0. The molecule has 8 heteroatoms. The van der Waals surface area contributed by atoms with Crippen molar-refractivity contribution in [3.63, 3.8) is 0 Å². The standard InChI is InChI=1S/C26H22F3NO4/c27-26(28,29)14-22(30)18-6-3-5-17(12-18)21-11-16(10-20-8-9-33-25(20)21)15-34-23-7-2-1-4-19(23)13-24(31)32/h1-12,22H,13-15,30H2,(H,31,32)/t22-/m0/s1. The van der Waals surface area contributed by atoms with E-state index >= 15 is 0 Å². The van der Waals surface area contributed by atoms with E-state index in [-0.39, 0.29) is 13.0 Å². The molecule has 3 aromatic carbocycles. The van der Waals surface area contributed by atoms with E-state index in [0.717, 1.165) is 10.9 Å². The lowest BCUT2D eigenvalue weighted by atomic mass is 9.96. The van der Waals surface area contributed by atoms with E-state index in [1.54, 1.807) is 60.9 Å². The van der Waals surface area contributed by atoms with Gasteiger partial charge in [-0.15, -0.1) is 0 Å². The molecule has 176 valence electrons. The van der Waals surface area contributed by atoms with Gasteiger partial charge in [0.2, 0.25) is 0 Å². The van der Waals surface area contributed by atoms with Crippen molar-refractivity contribution < 1.29 is 32.2 Å². The number of alkyl halides is 3. The zero-order valence-corrected chi connectivity index (χ0v) is 18.0. The number of ether oxygens (including phenoxy) is 1. The number of carboxylic acid groups (broad SMARTS) is 1. The molecule has 1 heterocycles. The fraction of sp³-hybridized carbons (Fsp3) is 0.192. The predicted octanol–water partition coefficient (Wildman–Crippen LogP) is 6.26. The van der Waals surface area contributed by atoms with Crippen molar-refractivity contribution in [1.82, 2.24) is 0 Å². The van der Waals surface area contributed by atoms with Crippen LogP contribution in [0, 0.1) is 0 Å². The fourth-order valence-corrected chi connectivity index (χ4v) is 3.86. The number of nitrogens with two attached hydrogens (primary N) is 1. The van der Waals surface area contributed by atoms with Gasteiger partial charge in [-0.05, 0) is 47.0 Å². The molecule has 0 saturated heterocycles. The molecule has 4 rings (SSSR count). The van der Waals surface area contributed by atoms with Gasteiger partial charge in [-0.1, -0.05) is 36.4 Å². The lowest BCUT2D eigenvalue weighted by molar-refractivity contribution is -0.138. The molecule has 0 unspecified atom stereocenters. The minimum absolute atomic E-state index is 0.160.